The summed E-state index contributed by atoms with van der Waals surface area (Å²) in [5.41, 5.74) is 5.02. The summed E-state index contributed by atoms with van der Waals surface area (Å²) in [5, 5.41) is 3.81. The maximum atomic E-state index is 3.81. The molecule has 1 heteroatoms. The van der Waals surface area contributed by atoms with Crippen LogP contribution in [0.2, 0.25) is 0 Å². The van der Waals surface area contributed by atoms with E-state index in [2.05, 4.69) is 23.5 Å². The first-order valence-electron chi connectivity index (χ1n) is 7.24. The molecule has 0 spiro atoms. The molecular formula is C16H21N. The molecule has 3 aliphatic rings. The summed E-state index contributed by atoms with van der Waals surface area (Å²) in [4.78, 5) is 0. The van der Waals surface area contributed by atoms with Crippen molar-refractivity contribution >= 4 is 0 Å². The van der Waals surface area contributed by atoms with E-state index < -0.39 is 0 Å². The van der Waals surface area contributed by atoms with E-state index in [9.17, 15) is 0 Å². The summed E-state index contributed by atoms with van der Waals surface area (Å²) >= 11 is 0. The Balaban J connectivity index is 1.54. The fourth-order valence-electron chi connectivity index (χ4n) is 3.80. The van der Waals surface area contributed by atoms with Gasteiger partial charge in [-0.05, 0) is 73.6 Å². The Morgan fingerprint density at radius 2 is 2.00 bits per heavy atom. The molecule has 3 aliphatic carbocycles. The highest BCUT2D eigenvalue weighted by Gasteiger charge is 2.33. The Bertz CT molecular complexity index is 433. The van der Waals surface area contributed by atoms with Gasteiger partial charge in [0.15, 0.2) is 0 Å². The molecule has 0 aromatic heterocycles. The minimum atomic E-state index is 0.751. The topological polar surface area (TPSA) is 12.0 Å². The predicted molar refractivity (Wildman–Crippen MR) is 70.3 cm³/mol. The van der Waals surface area contributed by atoms with E-state index in [0.717, 1.165) is 17.9 Å². The molecule has 0 saturated heterocycles. The highest BCUT2D eigenvalue weighted by Crippen LogP contribution is 2.42. The van der Waals surface area contributed by atoms with Crippen LogP contribution in [0, 0.1) is 5.92 Å². The van der Waals surface area contributed by atoms with Crippen LogP contribution in [0.5, 0.6) is 0 Å². The summed E-state index contributed by atoms with van der Waals surface area (Å²) in [6, 6.07) is 7.72. The van der Waals surface area contributed by atoms with E-state index in [1.54, 1.807) is 16.7 Å². The van der Waals surface area contributed by atoms with Crippen molar-refractivity contribution in [1.29, 1.82) is 0 Å². The van der Waals surface area contributed by atoms with Gasteiger partial charge in [0.05, 0.1) is 0 Å². The largest absolute Gasteiger partial charge is 0.313 e. The molecule has 0 bridgehead atoms. The third kappa shape index (κ3) is 1.81. The zero-order valence-electron chi connectivity index (χ0n) is 10.4. The van der Waals surface area contributed by atoms with Gasteiger partial charge < -0.3 is 5.32 Å². The molecule has 1 aromatic rings. The third-order valence-corrected chi connectivity index (χ3v) is 4.88. The van der Waals surface area contributed by atoms with Crippen molar-refractivity contribution in [3.63, 3.8) is 0 Å². The monoisotopic (exact) mass is 227 g/mol. The molecule has 0 aliphatic heterocycles. The fraction of sp³-hybridized carbons (Fsp3) is 0.625. The molecule has 0 amide bonds. The molecule has 4 rings (SSSR count). The van der Waals surface area contributed by atoms with Gasteiger partial charge in [0.1, 0.15) is 0 Å². The van der Waals surface area contributed by atoms with Gasteiger partial charge in [-0.25, -0.2) is 0 Å². The van der Waals surface area contributed by atoms with Crippen molar-refractivity contribution in [3.8, 4) is 0 Å². The Morgan fingerprint density at radius 3 is 2.88 bits per heavy atom. The minimum absolute atomic E-state index is 0.751. The van der Waals surface area contributed by atoms with Crippen LogP contribution in [0.3, 0.4) is 0 Å². The van der Waals surface area contributed by atoms with Crippen molar-refractivity contribution in [1.82, 2.24) is 5.32 Å². The van der Waals surface area contributed by atoms with Gasteiger partial charge in [-0.2, -0.15) is 0 Å². The number of aryl methyl sites for hydroxylation is 1. The number of hydrogen-bond donors (Lipinski definition) is 1. The first-order valence-corrected chi connectivity index (χ1v) is 7.24. The van der Waals surface area contributed by atoms with Crippen molar-refractivity contribution in [2.45, 2.75) is 50.5 Å². The molecule has 0 radical (unpaired) electrons. The SMILES string of the molecule is c1cc2c3c(c1)C[C@H](NCC1CC1)C[C@H]3CC2. The van der Waals surface area contributed by atoms with Crippen LogP contribution in [0.1, 0.15) is 48.3 Å². The van der Waals surface area contributed by atoms with Gasteiger partial charge in [0.2, 0.25) is 0 Å². The second kappa shape index (κ2) is 3.84. The van der Waals surface area contributed by atoms with Crippen LogP contribution >= 0.6 is 0 Å². The summed E-state index contributed by atoms with van der Waals surface area (Å²) in [6.45, 7) is 1.27. The second-order valence-electron chi connectivity index (χ2n) is 6.21. The molecule has 1 nitrogen and oxygen atoms in total. The standard InChI is InChI=1S/C16H21N/c1-2-12-6-7-14-9-15(17-10-11-4-5-11)8-13(3-1)16(12)14/h1-3,11,14-15,17H,4-10H2/t14-,15+/m1/s1. The molecular weight excluding hydrogens is 206 g/mol. The third-order valence-electron chi connectivity index (χ3n) is 4.88. The van der Waals surface area contributed by atoms with E-state index in [1.165, 1.54) is 45.1 Å². The summed E-state index contributed by atoms with van der Waals surface area (Å²) in [7, 11) is 0. The van der Waals surface area contributed by atoms with E-state index in [-0.39, 0.29) is 0 Å². The normalized spacial score (nSPS) is 30.4. The number of hydrogen-bond acceptors (Lipinski definition) is 1. The maximum absolute atomic E-state index is 3.81. The summed E-state index contributed by atoms with van der Waals surface area (Å²) in [5.74, 6) is 1.87. The lowest BCUT2D eigenvalue weighted by molar-refractivity contribution is 0.406. The van der Waals surface area contributed by atoms with Crippen molar-refractivity contribution in [2.75, 3.05) is 6.54 Å². The van der Waals surface area contributed by atoms with Crippen LogP contribution in [-0.4, -0.2) is 12.6 Å². The molecule has 0 unspecified atom stereocenters. The number of benzene rings is 1. The summed E-state index contributed by atoms with van der Waals surface area (Å²) in [6.07, 6.45) is 8.30. The first-order chi connectivity index (χ1) is 8.40. The fourth-order valence-corrected chi connectivity index (χ4v) is 3.80. The molecule has 1 saturated carbocycles. The number of rotatable bonds is 3. The van der Waals surface area contributed by atoms with Gasteiger partial charge in [-0.3, -0.25) is 0 Å². The average Bonchev–Trinajstić information content (AvgIpc) is 3.10. The van der Waals surface area contributed by atoms with Gasteiger partial charge in [0.25, 0.3) is 0 Å². The van der Waals surface area contributed by atoms with Crippen molar-refractivity contribution in [2.24, 2.45) is 5.92 Å². The van der Waals surface area contributed by atoms with E-state index in [4.69, 9.17) is 0 Å². The molecule has 1 aromatic carbocycles. The van der Waals surface area contributed by atoms with Gasteiger partial charge >= 0.3 is 0 Å². The molecule has 90 valence electrons. The second-order valence-corrected chi connectivity index (χ2v) is 6.21. The van der Waals surface area contributed by atoms with E-state index >= 15 is 0 Å². The molecule has 1 fully saturated rings. The molecule has 0 heterocycles. The smallest absolute Gasteiger partial charge is 0.0113 e. The van der Waals surface area contributed by atoms with Crippen LogP contribution in [0.4, 0.5) is 0 Å². The zero-order chi connectivity index (χ0) is 11.2. The zero-order valence-corrected chi connectivity index (χ0v) is 10.4. The Hall–Kier alpha value is -0.820. The van der Waals surface area contributed by atoms with Gasteiger partial charge in [0, 0.05) is 6.04 Å². The Kier molecular flexibility index (Phi) is 2.29. The lowest BCUT2D eigenvalue weighted by Crippen LogP contribution is -2.36. The molecule has 17 heavy (non-hydrogen) atoms. The molecule has 1 N–H and O–H groups in total. The predicted octanol–water partition coefficient (Wildman–Crippen LogP) is 3.03. The van der Waals surface area contributed by atoms with Crippen molar-refractivity contribution in [3.05, 3.63) is 34.9 Å². The lowest BCUT2D eigenvalue weighted by atomic mass is 9.81. The van der Waals surface area contributed by atoms with E-state index in [1.807, 2.05) is 0 Å². The van der Waals surface area contributed by atoms with Crippen molar-refractivity contribution < 1.29 is 0 Å². The highest BCUT2D eigenvalue weighted by molar-refractivity contribution is 5.44. The Morgan fingerprint density at radius 1 is 1.12 bits per heavy atom. The maximum Gasteiger partial charge on any atom is 0.0113 e. The van der Waals surface area contributed by atoms with Crippen LogP contribution in [-0.2, 0) is 12.8 Å². The minimum Gasteiger partial charge on any atom is -0.313 e. The quantitative estimate of drug-likeness (QED) is 0.837. The Labute approximate surface area is 104 Å². The lowest BCUT2D eigenvalue weighted by Gasteiger charge is -2.30. The van der Waals surface area contributed by atoms with Crippen LogP contribution < -0.4 is 5.32 Å². The van der Waals surface area contributed by atoms with Gasteiger partial charge in [-0.1, -0.05) is 18.2 Å². The first kappa shape index (κ1) is 10.1. The number of nitrogens with one attached hydrogen (secondary N) is 1. The molecule has 2 atom stereocenters. The van der Waals surface area contributed by atoms with Crippen LogP contribution in [0.25, 0.3) is 0 Å². The highest BCUT2D eigenvalue weighted by atomic mass is 14.9. The van der Waals surface area contributed by atoms with E-state index in [0.29, 0.717) is 0 Å². The average molecular weight is 227 g/mol. The van der Waals surface area contributed by atoms with Crippen LogP contribution in [0.15, 0.2) is 18.2 Å². The van der Waals surface area contributed by atoms with Gasteiger partial charge in [-0.15, -0.1) is 0 Å². The summed E-state index contributed by atoms with van der Waals surface area (Å²) < 4.78 is 0.